The van der Waals surface area contributed by atoms with Crippen molar-refractivity contribution in [2.24, 2.45) is 0 Å². The second-order valence-electron chi connectivity index (χ2n) is 7.95. The molecule has 0 N–H and O–H groups in total. The average molecular weight is 421 g/mol. The van der Waals surface area contributed by atoms with E-state index in [4.69, 9.17) is 4.74 Å². The predicted molar refractivity (Wildman–Crippen MR) is 118 cm³/mol. The summed E-state index contributed by atoms with van der Waals surface area (Å²) < 4.78 is 5.78. The molecule has 0 radical (unpaired) electrons. The molecule has 2 aromatic carbocycles. The standard InChI is InChI=1S/C24H24N2O3S/c1-14-5-6-21(23-25-20(12-27)13-30-23)19(8-14)11-26-17(4)22(29-24(26)28)18-9-15(2)7-16(3)10-18/h5-10,12-13,17,22H,11H2,1-4H3/t17-,22-/m0/s1. The van der Waals surface area contributed by atoms with Crippen LogP contribution >= 0.6 is 11.3 Å². The number of hydrogen-bond donors (Lipinski definition) is 0. The van der Waals surface area contributed by atoms with E-state index in [1.165, 1.54) is 11.3 Å². The molecule has 2 heterocycles. The SMILES string of the molecule is Cc1cc(C)cc([C@H]2OC(=O)N(Cc3cc(C)ccc3-c3nc(C=O)cs3)[C@H]2C)c1. The van der Waals surface area contributed by atoms with Crippen LogP contribution in [0.1, 0.15) is 51.3 Å². The van der Waals surface area contributed by atoms with E-state index in [0.29, 0.717) is 12.2 Å². The van der Waals surface area contributed by atoms with Crippen LogP contribution in [-0.4, -0.2) is 28.3 Å². The van der Waals surface area contributed by atoms with Gasteiger partial charge in [-0.25, -0.2) is 9.78 Å². The summed E-state index contributed by atoms with van der Waals surface area (Å²) >= 11 is 1.43. The Morgan fingerprint density at radius 1 is 1.10 bits per heavy atom. The van der Waals surface area contributed by atoms with Crippen molar-refractivity contribution in [3.63, 3.8) is 0 Å². The van der Waals surface area contributed by atoms with Crippen LogP contribution in [0.2, 0.25) is 0 Å². The molecule has 3 aromatic rings. The number of ether oxygens (including phenoxy) is 1. The van der Waals surface area contributed by atoms with E-state index in [-0.39, 0.29) is 18.2 Å². The molecule has 0 aliphatic carbocycles. The Balaban J connectivity index is 1.65. The van der Waals surface area contributed by atoms with Crippen LogP contribution in [0.25, 0.3) is 10.6 Å². The monoisotopic (exact) mass is 420 g/mol. The summed E-state index contributed by atoms with van der Waals surface area (Å²) in [5.74, 6) is 0. The van der Waals surface area contributed by atoms with Gasteiger partial charge in [0.1, 0.15) is 16.8 Å². The highest BCUT2D eigenvalue weighted by molar-refractivity contribution is 7.13. The van der Waals surface area contributed by atoms with E-state index >= 15 is 0 Å². The van der Waals surface area contributed by atoms with Gasteiger partial charge in [-0.05, 0) is 38.8 Å². The normalized spacial score (nSPS) is 18.5. The number of amides is 1. The molecule has 0 bridgehead atoms. The molecule has 1 amide bonds. The van der Waals surface area contributed by atoms with Gasteiger partial charge in [0.05, 0.1) is 12.6 Å². The Hall–Kier alpha value is -2.99. The summed E-state index contributed by atoms with van der Waals surface area (Å²) in [5.41, 5.74) is 6.79. The Labute approximate surface area is 180 Å². The number of carbonyl (C=O) groups excluding carboxylic acids is 2. The van der Waals surface area contributed by atoms with Crippen molar-refractivity contribution in [2.45, 2.75) is 46.4 Å². The molecule has 1 fully saturated rings. The Morgan fingerprint density at radius 3 is 2.50 bits per heavy atom. The van der Waals surface area contributed by atoms with Gasteiger partial charge in [0.15, 0.2) is 6.29 Å². The molecule has 5 nitrogen and oxygen atoms in total. The first kappa shape index (κ1) is 20.3. The van der Waals surface area contributed by atoms with Crippen LogP contribution in [0.3, 0.4) is 0 Å². The lowest BCUT2D eigenvalue weighted by molar-refractivity contribution is 0.111. The van der Waals surface area contributed by atoms with Gasteiger partial charge >= 0.3 is 6.09 Å². The number of nitrogens with zero attached hydrogens (tertiary/aromatic N) is 2. The number of aldehydes is 1. The number of hydrogen-bond acceptors (Lipinski definition) is 5. The summed E-state index contributed by atoms with van der Waals surface area (Å²) in [6.45, 7) is 8.58. The van der Waals surface area contributed by atoms with E-state index in [1.807, 2.05) is 26.0 Å². The fourth-order valence-electron chi connectivity index (χ4n) is 4.04. The quantitative estimate of drug-likeness (QED) is 0.502. The van der Waals surface area contributed by atoms with Crippen LogP contribution in [0.15, 0.2) is 41.8 Å². The third kappa shape index (κ3) is 3.87. The zero-order valence-corrected chi connectivity index (χ0v) is 18.3. The lowest BCUT2D eigenvalue weighted by atomic mass is 9.98. The number of cyclic esters (lactones) is 1. The molecule has 0 spiro atoms. The molecule has 0 saturated carbocycles. The fourth-order valence-corrected chi connectivity index (χ4v) is 4.87. The van der Waals surface area contributed by atoms with E-state index in [0.717, 1.165) is 44.7 Å². The number of benzene rings is 2. The van der Waals surface area contributed by atoms with E-state index < -0.39 is 0 Å². The molecular formula is C24H24N2O3S. The third-order valence-electron chi connectivity index (χ3n) is 5.44. The van der Waals surface area contributed by atoms with Gasteiger partial charge in [-0.2, -0.15) is 0 Å². The Morgan fingerprint density at radius 2 is 1.83 bits per heavy atom. The highest BCUT2D eigenvalue weighted by atomic mass is 32.1. The van der Waals surface area contributed by atoms with Crippen LogP contribution in [0.4, 0.5) is 4.79 Å². The van der Waals surface area contributed by atoms with E-state index in [2.05, 4.69) is 43.1 Å². The number of aromatic nitrogens is 1. The van der Waals surface area contributed by atoms with Crippen LogP contribution in [-0.2, 0) is 11.3 Å². The van der Waals surface area contributed by atoms with E-state index in [1.54, 1.807) is 10.3 Å². The van der Waals surface area contributed by atoms with Gasteiger partial charge in [-0.1, -0.05) is 53.1 Å². The van der Waals surface area contributed by atoms with Crippen molar-refractivity contribution < 1.29 is 14.3 Å². The van der Waals surface area contributed by atoms with Crippen LogP contribution in [0.5, 0.6) is 0 Å². The summed E-state index contributed by atoms with van der Waals surface area (Å²) in [6.07, 6.45) is 0.139. The molecule has 1 aliphatic heterocycles. The molecule has 1 aliphatic rings. The Bertz CT molecular complexity index is 1100. The summed E-state index contributed by atoms with van der Waals surface area (Å²) in [5, 5.41) is 2.52. The lowest BCUT2D eigenvalue weighted by Crippen LogP contribution is -2.31. The fraction of sp³-hybridized carbons (Fsp3) is 0.292. The summed E-state index contributed by atoms with van der Waals surface area (Å²) in [7, 11) is 0. The van der Waals surface area contributed by atoms with Crippen molar-refractivity contribution in [3.05, 3.63) is 75.3 Å². The minimum absolute atomic E-state index is 0.103. The average Bonchev–Trinajstić information content (AvgIpc) is 3.27. The number of carbonyl (C=O) groups is 2. The lowest BCUT2D eigenvalue weighted by Gasteiger charge is -2.22. The van der Waals surface area contributed by atoms with Crippen LogP contribution in [0, 0.1) is 20.8 Å². The first-order chi connectivity index (χ1) is 14.4. The van der Waals surface area contributed by atoms with Gasteiger partial charge < -0.3 is 4.74 Å². The van der Waals surface area contributed by atoms with Gasteiger partial charge in [-0.15, -0.1) is 11.3 Å². The Kier molecular flexibility index (Phi) is 5.43. The molecule has 154 valence electrons. The number of thiazole rings is 1. The minimum atomic E-state index is -0.313. The molecular weight excluding hydrogens is 396 g/mol. The highest BCUT2D eigenvalue weighted by Gasteiger charge is 2.40. The molecule has 1 saturated heterocycles. The van der Waals surface area contributed by atoms with Gasteiger partial charge in [0.25, 0.3) is 0 Å². The molecule has 2 atom stereocenters. The molecule has 1 aromatic heterocycles. The zero-order valence-electron chi connectivity index (χ0n) is 17.5. The molecule has 6 heteroatoms. The van der Waals surface area contributed by atoms with Crippen molar-refractivity contribution in [2.75, 3.05) is 0 Å². The molecule has 4 rings (SSSR count). The maximum atomic E-state index is 12.8. The van der Waals surface area contributed by atoms with Crippen molar-refractivity contribution in [3.8, 4) is 10.6 Å². The van der Waals surface area contributed by atoms with Gasteiger partial charge in [-0.3, -0.25) is 9.69 Å². The first-order valence-corrected chi connectivity index (χ1v) is 10.8. The van der Waals surface area contributed by atoms with Crippen LogP contribution < -0.4 is 0 Å². The topological polar surface area (TPSA) is 59.5 Å². The first-order valence-electron chi connectivity index (χ1n) is 9.92. The largest absolute Gasteiger partial charge is 0.439 e. The van der Waals surface area contributed by atoms with Gasteiger partial charge in [0, 0.05) is 10.9 Å². The van der Waals surface area contributed by atoms with Crippen molar-refractivity contribution in [1.29, 1.82) is 0 Å². The van der Waals surface area contributed by atoms with Crippen molar-refractivity contribution in [1.82, 2.24) is 9.88 Å². The smallest absolute Gasteiger partial charge is 0.411 e. The minimum Gasteiger partial charge on any atom is -0.439 e. The maximum absolute atomic E-state index is 12.8. The molecule has 0 unspecified atom stereocenters. The van der Waals surface area contributed by atoms with Gasteiger partial charge in [0.2, 0.25) is 0 Å². The summed E-state index contributed by atoms with van der Waals surface area (Å²) in [4.78, 5) is 30.0. The third-order valence-corrected chi connectivity index (χ3v) is 6.33. The summed E-state index contributed by atoms with van der Waals surface area (Å²) in [6, 6.07) is 12.3. The number of aryl methyl sites for hydroxylation is 3. The predicted octanol–water partition coefficient (Wildman–Crippen LogP) is 5.63. The second kappa shape index (κ2) is 8.03. The maximum Gasteiger partial charge on any atom is 0.411 e. The second-order valence-corrected chi connectivity index (χ2v) is 8.81. The number of rotatable bonds is 5. The van der Waals surface area contributed by atoms with E-state index in [9.17, 15) is 9.59 Å². The van der Waals surface area contributed by atoms with Crippen molar-refractivity contribution >= 4 is 23.7 Å². The molecule has 30 heavy (non-hydrogen) atoms. The zero-order chi connectivity index (χ0) is 21.4. The highest BCUT2D eigenvalue weighted by Crippen LogP contribution is 2.36.